The van der Waals surface area contributed by atoms with E-state index in [0.717, 1.165) is 29.0 Å². The molecule has 1 amide bonds. The summed E-state index contributed by atoms with van der Waals surface area (Å²) in [5.41, 5.74) is 3.07. The fourth-order valence-electron chi connectivity index (χ4n) is 1.98. The van der Waals surface area contributed by atoms with Gasteiger partial charge in [-0.05, 0) is 60.5 Å². The highest BCUT2D eigenvalue weighted by Crippen LogP contribution is 2.17. The maximum absolute atomic E-state index is 11.9. The van der Waals surface area contributed by atoms with E-state index in [4.69, 9.17) is 5.11 Å². The van der Waals surface area contributed by atoms with Crippen LogP contribution in [0.1, 0.15) is 22.4 Å². The van der Waals surface area contributed by atoms with E-state index in [9.17, 15) is 4.79 Å². The van der Waals surface area contributed by atoms with Gasteiger partial charge in [0.1, 0.15) is 0 Å². The molecule has 2 N–H and O–H groups in total. The van der Waals surface area contributed by atoms with Gasteiger partial charge in [-0.25, -0.2) is 0 Å². The van der Waals surface area contributed by atoms with Gasteiger partial charge in [-0.1, -0.05) is 12.1 Å². The molecule has 0 unspecified atom stereocenters. The third kappa shape index (κ3) is 4.85. The average Bonchev–Trinajstić information content (AvgIpc) is 2.89. The Labute approximate surface area is 128 Å². The van der Waals surface area contributed by atoms with Gasteiger partial charge in [0, 0.05) is 23.2 Å². The van der Waals surface area contributed by atoms with Crippen molar-refractivity contribution in [2.75, 3.05) is 11.9 Å². The number of aliphatic hydroxyl groups excluding tert-OH is 1. The molecule has 0 aliphatic heterocycles. The molecule has 3 nitrogen and oxygen atoms in total. The van der Waals surface area contributed by atoms with E-state index >= 15 is 0 Å². The summed E-state index contributed by atoms with van der Waals surface area (Å²) >= 11 is 1.62. The summed E-state index contributed by atoms with van der Waals surface area (Å²) < 4.78 is 0. The molecule has 21 heavy (non-hydrogen) atoms. The number of hydrogen-bond acceptors (Lipinski definition) is 3. The van der Waals surface area contributed by atoms with E-state index in [1.807, 2.05) is 48.7 Å². The molecule has 0 saturated carbocycles. The van der Waals surface area contributed by atoms with Crippen LogP contribution in [-0.4, -0.2) is 17.6 Å². The lowest BCUT2D eigenvalue weighted by Crippen LogP contribution is -2.07. The number of amides is 1. The third-order valence-corrected chi connectivity index (χ3v) is 4.09. The largest absolute Gasteiger partial charge is 0.396 e. The minimum atomic E-state index is -0.137. The number of anilines is 1. The first-order chi connectivity index (χ1) is 10.2. The molecule has 1 heterocycles. The lowest BCUT2D eigenvalue weighted by Gasteiger charge is -2.05. The molecule has 1 aromatic heterocycles. The van der Waals surface area contributed by atoms with Crippen LogP contribution in [0.25, 0.3) is 6.08 Å². The Balaban J connectivity index is 1.96. The van der Waals surface area contributed by atoms with Gasteiger partial charge in [-0.3, -0.25) is 4.79 Å². The van der Waals surface area contributed by atoms with E-state index in [1.165, 1.54) is 5.56 Å². The van der Waals surface area contributed by atoms with E-state index in [0.29, 0.717) is 0 Å². The van der Waals surface area contributed by atoms with Crippen molar-refractivity contribution in [2.45, 2.75) is 19.8 Å². The maximum atomic E-state index is 11.9. The molecule has 1 aromatic carbocycles. The fraction of sp³-hybridized carbons (Fsp3) is 0.235. The standard InChI is InChI=1S/C17H19NO2S/c1-13-9-11-21-16(13)7-8-17(20)18-15-6-2-4-14(12-15)5-3-10-19/h2,4,6-9,11-12,19H,3,5,10H2,1H3,(H,18,20)/b8-7+. The Hall–Kier alpha value is -1.91. The molecule has 2 rings (SSSR count). The molecule has 2 aromatic rings. The average molecular weight is 301 g/mol. The normalized spacial score (nSPS) is 11.0. The molecule has 0 bridgehead atoms. The predicted octanol–water partition coefficient (Wildman–Crippen LogP) is 3.63. The predicted molar refractivity (Wildman–Crippen MR) is 88.6 cm³/mol. The van der Waals surface area contributed by atoms with Crippen LogP contribution in [0.5, 0.6) is 0 Å². The molecule has 0 fully saturated rings. The zero-order chi connectivity index (χ0) is 15.1. The second-order valence-electron chi connectivity index (χ2n) is 4.82. The molecular weight excluding hydrogens is 282 g/mol. The zero-order valence-corrected chi connectivity index (χ0v) is 12.8. The van der Waals surface area contributed by atoms with Crippen LogP contribution in [0, 0.1) is 6.92 Å². The van der Waals surface area contributed by atoms with Gasteiger partial charge in [-0.2, -0.15) is 0 Å². The lowest BCUT2D eigenvalue weighted by molar-refractivity contribution is -0.111. The summed E-state index contributed by atoms with van der Waals surface area (Å²) in [7, 11) is 0. The zero-order valence-electron chi connectivity index (χ0n) is 12.0. The van der Waals surface area contributed by atoms with Gasteiger partial charge < -0.3 is 10.4 Å². The summed E-state index contributed by atoms with van der Waals surface area (Å²) in [6.07, 6.45) is 4.93. The Bertz CT molecular complexity index is 631. The van der Waals surface area contributed by atoms with Crippen LogP contribution in [0.2, 0.25) is 0 Å². The quantitative estimate of drug-likeness (QED) is 0.800. The van der Waals surface area contributed by atoms with Crippen molar-refractivity contribution in [2.24, 2.45) is 0 Å². The molecule has 0 radical (unpaired) electrons. The SMILES string of the molecule is Cc1ccsc1/C=C/C(=O)Nc1cccc(CCCO)c1. The molecule has 4 heteroatoms. The maximum Gasteiger partial charge on any atom is 0.248 e. The van der Waals surface area contributed by atoms with Crippen molar-refractivity contribution in [3.8, 4) is 0 Å². The summed E-state index contributed by atoms with van der Waals surface area (Å²) in [5.74, 6) is -0.137. The topological polar surface area (TPSA) is 49.3 Å². The van der Waals surface area contributed by atoms with E-state index in [-0.39, 0.29) is 12.5 Å². The summed E-state index contributed by atoms with van der Waals surface area (Å²) in [6, 6.07) is 9.75. The van der Waals surface area contributed by atoms with Crippen LogP contribution in [-0.2, 0) is 11.2 Å². The Morgan fingerprint density at radius 1 is 1.38 bits per heavy atom. The minimum absolute atomic E-state index is 0.137. The van der Waals surface area contributed by atoms with E-state index < -0.39 is 0 Å². The third-order valence-electron chi connectivity index (χ3n) is 3.11. The van der Waals surface area contributed by atoms with Gasteiger partial charge in [0.2, 0.25) is 5.91 Å². The number of carbonyl (C=O) groups excluding carboxylic acids is 1. The highest BCUT2D eigenvalue weighted by Gasteiger charge is 2.01. The Morgan fingerprint density at radius 3 is 2.95 bits per heavy atom. The van der Waals surface area contributed by atoms with Gasteiger partial charge in [-0.15, -0.1) is 11.3 Å². The lowest BCUT2D eigenvalue weighted by atomic mass is 10.1. The van der Waals surface area contributed by atoms with Crippen molar-refractivity contribution >= 4 is 29.0 Å². The van der Waals surface area contributed by atoms with Crippen LogP contribution < -0.4 is 5.32 Å². The number of hydrogen-bond donors (Lipinski definition) is 2. The van der Waals surface area contributed by atoms with Crippen LogP contribution in [0.15, 0.2) is 41.8 Å². The van der Waals surface area contributed by atoms with Crippen molar-refractivity contribution in [3.63, 3.8) is 0 Å². The van der Waals surface area contributed by atoms with Crippen LogP contribution >= 0.6 is 11.3 Å². The number of benzene rings is 1. The molecule has 0 aliphatic rings. The number of carbonyl (C=O) groups is 1. The first-order valence-corrected chi connectivity index (χ1v) is 7.80. The highest BCUT2D eigenvalue weighted by atomic mass is 32.1. The molecular formula is C17H19NO2S. The van der Waals surface area contributed by atoms with Gasteiger partial charge in [0.05, 0.1) is 0 Å². The van der Waals surface area contributed by atoms with Gasteiger partial charge in [0.25, 0.3) is 0 Å². The highest BCUT2D eigenvalue weighted by molar-refractivity contribution is 7.11. The molecule has 0 atom stereocenters. The number of aryl methyl sites for hydroxylation is 2. The van der Waals surface area contributed by atoms with Crippen LogP contribution in [0.4, 0.5) is 5.69 Å². The molecule has 0 aliphatic carbocycles. The number of nitrogens with one attached hydrogen (secondary N) is 1. The van der Waals surface area contributed by atoms with Gasteiger partial charge in [0.15, 0.2) is 0 Å². The van der Waals surface area contributed by atoms with E-state index in [2.05, 4.69) is 5.32 Å². The summed E-state index contributed by atoms with van der Waals surface area (Å²) in [6.45, 7) is 2.21. The van der Waals surface area contributed by atoms with Crippen molar-refractivity contribution in [1.82, 2.24) is 0 Å². The van der Waals surface area contributed by atoms with E-state index in [1.54, 1.807) is 17.4 Å². The fourth-order valence-corrected chi connectivity index (χ4v) is 2.80. The van der Waals surface area contributed by atoms with Gasteiger partial charge >= 0.3 is 0 Å². The van der Waals surface area contributed by atoms with Crippen molar-refractivity contribution in [1.29, 1.82) is 0 Å². The molecule has 0 saturated heterocycles. The smallest absolute Gasteiger partial charge is 0.248 e. The Kier molecular flexibility index (Phi) is 5.72. The first kappa shape index (κ1) is 15.5. The van der Waals surface area contributed by atoms with Crippen molar-refractivity contribution in [3.05, 3.63) is 57.8 Å². The number of rotatable bonds is 6. The minimum Gasteiger partial charge on any atom is -0.396 e. The second-order valence-corrected chi connectivity index (χ2v) is 5.77. The summed E-state index contributed by atoms with van der Waals surface area (Å²) in [4.78, 5) is 13.0. The van der Waals surface area contributed by atoms with Crippen LogP contribution in [0.3, 0.4) is 0 Å². The molecule has 0 spiro atoms. The Morgan fingerprint density at radius 2 is 2.24 bits per heavy atom. The second kappa shape index (κ2) is 7.76. The summed E-state index contributed by atoms with van der Waals surface area (Å²) in [5, 5.41) is 13.7. The molecule has 110 valence electrons. The number of aliphatic hydroxyl groups is 1. The monoisotopic (exact) mass is 301 g/mol. The van der Waals surface area contributed by atoms with Crippen molar-refractivity contribution < 1.29 is 9.90 Å². The first-order valence-electron chi connectivity index (χ1n) is 6.92. The number of thiophene rings is 1.